The molecule has 4 rings (SSSR count). The van der Waals surface area contributed by atoms with Crippen LogP contribution in [-0.2, 0) is 11.3 Å². The fraction of sp³-hybridized carbons (Fsp3) is 0.387. The van der Waals surface area contributed by atoms with Gasteiger partial charge in [0.05, 0.1) is 22.7 Å². The number of nitrogens with zero attached hydrogens (tertiary/aromatic N) is 4. The van der Waals surface area contributed by atoms with Crippen molar-refractivity contribution in [3.63, 3.8) is 0 Å². The molecule has 0 aliphatic carbocycles. The van der Waals surface area contributed by atoms with Crippen LogP contribution in [0.25, 0.3) is 0 Å². The second kappa shape index (κ2) is 10.5. The molecule has 208 valence electrons. The molecule has 0 fully saturated rings. The molecule has 0 atom stereocenters. The van der Waals surface area contributed by atoms with Crippen LogP contribution in [0.3, 0.4) is 0 Å². The molecular formula is C31H42N4O3Si. The molecule has 39 heavy (non-hydrogen) atoms. The van der Waals surface area contributed by atoms with E-state index in [1.807, 2.05) is 83.8 Å². The number of carbonyl (C=O) groups is 1. The quantitative estimate of drug-likeness (QED) is 0.295. The third-order valence-corrected chi connectivity index (χ3v) is 12.2. The lowest BCUT2D eigenvalue weighted by Gasteiger charge is -2.38. The normalized spacial score (nSPS) is 13.0. The third-order valence-electron chi connectivity index (χ3n) is 7.80. The van der Waals surface area contributed by atoms with Crippen molar-refractivity contribution in [1.29, 1.82) is 0 Å². The number of amides is 1. The first-order valence-electron chi connectivity index (χ1n) is 13.3. The van der Waals surface area contributed by atoms with Crippen molar-refractivity contribution in [2.24, 2.45) is 0 Å². The zero-order chi connectivity index (χ0) is 28.7. The predicted octanol–water partition coefficient (Wildman–Crippen LogP) is 7.76. The highest BCUT2D eigenvalue weighted by molar-refractivity contribution is 6.74. The first kappa shape index (κ1) is 28.4. The molecule has 8 heteroatoms. The molecule has 1 heterocycles. The monoisotopic (exact) mass is 546 g/mol. The summed E-state index contributed by atoms with van der Waals surface area (Å²) in [5.74, 6) is 0.854. The summed E-state index contributed by atoms with van der Waals surface area (Å²) in [4.78, 5) is 21.6. The number of rotatable bonds is 6. The summed E-state index contributed by atoms with van der Waals surface area (Å²) < 4.78 is 12.3. The average molecular weight is 547 g/mol. The minimum absolute atomic E-state index is 0.122. The Kier molecular flexibility index (Phi) is 7.63. The minimum atomic E-state index is -1.92. The predicted molar refractivity (Wildman–Crippen MR) is 166 cm³/mol. The zero-order valence-electron chi connectivity index (χ0n) is 25.0. The van der Waals surface area contributed by atoms with Crippen molar-refractivity contribution in [2.75, 3.05) is 54.8 Å². The van der Waals surface area contributed by atoms with Crippen molar-refractivity contribution in [3.05, 3.63) is 66.2 Å². The van der Waals surface area contributed by atoms with Crippen LogP contribution in [0.1, 0.15) is 26.3 Å². The number of ether oxygens (including phenoxy) is 1. The van der Waals surface area contributed by atoms with Crippen LogP contribution in [0, 0.1) is 0 Å². The lowest BCUT2D eigenvalue weighted by molar-refractivity contribution is 0.150. The van der Waals surface area contributed by atoms with Crippen molar-refractivity contribution in [1.82, 2.24) is 0 Å². The van der Waals surface area contributed by atoms with E-state index in [0.29, 0.717) is 0 Å². The van der Waals surface area contributed by atoms with Gasteiger partial charge in [0, 0.05) is 46.6 Å². The molecule has 1 aliphatic rings. The molecule has 0 unspecified atom stereocenters. The van der Waals surface area contributed by atoms with E-state index < -0.39 is 14.4 Å². The Morgan fingerprint density at radius 3 is 1.72 bits per heavy atom. The number of carbonyl (C=O) groups excluding carboxylic acids is 1. The highest BCUT2D eigenvalue weighted by atomic mass is 28.4. The van der Waals surface area contributed by atoms with E-state index in [4.69, 9.17) is 9.16 Å². The third kappa shape index (κ3) is 5.71. The van der Waals surface area contributed by atoms with E-state index >= 15 is 0 Å². The Balaban J connectivity index is 1.59. The SMILES string of the molecule is CN(C)c1ccc2c(c1)N(C)c1cc(N(C)C)ccc1N2C(=O)OCc1ccc(O[Si](C)(C)C(C)(C)C)cc1. The van der Waals surface area contributed by atoms with E-state index in [-0.39, 0.29) is 11.6 Å². The van der Waals surface area contributed by atoms with Crippen LogP contribution in [-0.4, -0.2) is 49.6 Å². The van der Waals surface area contributed by atoms with Gasteiger partial charge in [-0.1, -0.05) is 32.9 Å². The van der Waals surface area contributed by atoms with Gasteiger partial charge < -0.3 is 23.9 Å². The molecule has 1 amide bonds. The second-order valence-corrected chi connectivity index (χ2v) is 16.8. The van der Waals surface area contributed by atoms with Gasteiger partial charge in [-0.05, 0) is 72.2 Å². The van der Waals surface area contributed by atoms with Crippen LogP contribution in [0.2, 0.25) is 18.1 Å². The maximum atomic E-state index is 13.7. The summed E-state index contributed by atoms with van der Waals surface area (Å²) >= 11 is 0. The Labute approximate surface area is 234 Å². The molecule has 0 saturated carbocycles. The molecule has 0 spiro atoms. The van der Waals surface area contributed by atoms with Gasteiger partial charge in [-0.3, -0.25) is 0 Å². The summed E-state index contributed by atoms with van der Waals surface area (Å²) in [6.07, 6.45) is -0.414. The van der Waals surface area contributed by atoms with Gasteiger partial charge in [0.25, 0.3) is 0 Å². The summed E-state index contributed by atoms with van der Waals surface area (Å²) in [6.45, 7) is 11.3. The highest BCUT2D eigenvalue weighted by Crippen LogP contribution is 2.49. The van der Waals surface area contributed by atoms with E-state index in [1.54, 1.807) is 4.90 Å². The van der Waals surface area contributed by atoms with Gasteiger partial charge in [0.15, 0.2) is 0 Å². The molecule has 0 N–H and O–H groups in total. The topological polar surface area (TPSA) is 48.5 Å². The molecule has 0 bridgehead atoms. The first-order chi connectivity index (χ1) is 18.2. The van der Waals surface area contributed by atoms with Crippen molar-refractivity contribution in [2.45, 2.75) is 45.5 Å². The average Bonchev–Trinajstić information content (AvgIpc) is 2.87. The van der Waals surface area contributed by atoms with Crippen LogP contribution < -0.4 is 24.0 Å². The molecule has 3 aromatic carbocycles. The van der Waals surface area contributed by atoms with Crippen LogP contribution in [0.4, 0.5) is 38.9 Å². The summed E-state index contributed by atoms with van der Waals surface area (Å²) in [5.41, 5.74) is 6.48. The van der Waals surface area contributed by atoms with E-state index in [0.717, 1.165) is 45.4 Å². The Morgan fingerprint density at radius 2 is 1.28 bits per heavy atom. The Hall–Kier alpha value is -3.65. The molecular weight excluding hydrogens is 504 g/mol. The van der Waals surface area contributed by atoms with Crippen molar-refractivity contribution >= 4 is 48.5 Å². The van der Waals surface area contributed by atoms with Crippen LogP contribution in [0.5, 0.6) is 5.75 Å². The Bertz CT molecular complexity index is 1290. The maximum absolute atomic E-state index is 13.7. The maximum Gasteiger partial charge on any atom is 0.419 e. The molecule has 7 nitrogen and oxygen atoms in total. The summed E-state index contributed by atoms with van der Waals surface area (Å²) in [7, 11) is 8.16. The van der Waals surface area contributed by atoms with Gasteiger partial charge in [-0.25, -0.2) is 9.69 Å². The molecule has 0 radical (unpaired) electrons. The number of anilines is 6. The first-order valence-corrected chi connectivity index (χ1v) is 16.2. The van der Waals surface area contributed by atoms with E-state index in [2.05, 4.69) is 60.7 Å². The van der Waals surface area contributed by atoms with Gasteiger partial charge in [0.2, 0.25) is 8.32 Å². The van der Waals surface area contributed by atoms with Crippen molar-refractivity contribution < 1.29 is 14.0 Å². The van der Waals surface area contributed by atoms with E-state index in [9.17, 15) is 4.79 Å². The molecule has 0 aromatic heterocycles. The molecule has 3 aromatic rings. The zero-order valence-corrected chi connectivity index (χ0v) is 26.0. The molecule has 1 aliphatic heterocycles. The summed E-state index contributed by atoms with van der Waals surface area (Å²) in [5, 5.41) is 0.122. The van der Waals surface area contributed by atoms with Crippen LogP contribution in [0.15, 0.2) is 60.7 Å². The molecule has 0 saturated heterocycles. The van der Waals surface area contributed by atoms with Crippen LogP contribution >= 0.6 is 0 Å². The fourth-order valence-electron chi connectivity index (χ4n) is 4.26. The smallest absolute Gasteiger partial charge is 0.419 e. The van der Waals surface area contributed by atoms with E-state index in [1.165, 1.54) is 0 Å². The van der Waals surface area contributed by atoms with Crippen molar-refractivity contribution in [3.8, 4) is 5.75 Å². The van der Waals surface area contributed by atoms with Gasteiger partial charge >= 0.3 is 6.09 Å². The fourth-order valence-corrected chi connectivity index (χ4v) is 5.29. The lowest BCUT2D eigenvalue weighted by atomic mass is 10.1. The van der Waals surface area contributed by atoms with Gasteiger partial charge in [-0.2, -0.15) is 0 Å². The highest BCUT2D eigenvalue weighted by Gasteiger charge is 2.39. The van der Waals surface area contributed by atoms with Gasteiger partial charge in [-0.15, -0.1) is 0 Å². The second-order valence-electron chi connectivity index (χ2n) is 12.1. The number of fused-ring (bicyclic) bond motifs is 2. The minimum Gasteiger partial charge on any atom is -0.544 e. The standard InChI is InChI=1S/C31H42N4O3Si/c1-31(2,3)39(9,10)38-25-15-11-22(12-16-25)21-37-30(36)35-26-17-13-23(32(4)5)19-28(26)34(8)29-20-24(33(6)7)14-18-27(29)35/h11-20H,21H2,1-10H3. The number of hydrogen-bond acceptors (Lipinski definition) is 6. The summed E-state index contributed by atoms with van der Waals surface area (Å²) in [6, 6.07) is 20.1. The largest absolute Gasteiger partial charge is 0.544 e. The lowest BCUT2D eigenvalue weighted by Crippen LogP contribution is -2.43. The van der Waals surface area contributed by atoms with Gasteiger partial charge in [0.1, 0.15) is 12.4 Å². The Morgan fingerprint density at radius 1 is 0.795 bits per heavy atom. The number of hydrogen-bond donors (Lipinski definition) is 0. The number of benzene rings is 3.